The van der Waals surface area contributed by atoms with Crippen LogP contribution in [0.15, 0.2) is 54.6 Å². The van der Waals surface area contributed by atoms with Crippen LogP contribution in [-0.4, -0.2) is 132 Å². The van der Waals surface area contributed by atoms with Crippen molar-refractivity contribution in [3.8, 4) is 28.7 Å². The summed E-state index contributed by atoms with van der Waals surface area (Å²) < 4.78 is 234. The number of fused-ring (bicyclic) bond motifs is 4. The fourth-order valence-electron chi connectivity index (χ4n) is 12.8. The van der Waals surface area contributed by atoms with Crippen LogP contribution in [0.5, 0.6) is 5.75 Å². The molecule has 4 heterocycles. The van der Waals surface area contributed by atoms with E-state index in [2.05, 4.69) is 32.3 Å². The third kappa shape index (κ3) is 16.7. The van der Waals surface area contributed by atoms with E-state index >= 15 is 35.5 Å². The second-order valence-corrected chi connectivity index (χ2v) is 32.2. The predicted molar refractivity (Wildman–Crippen MR) is 346 cm³/mol. The molecule has 1 saturated heterocycles. The van der Waals surface area contributed by atoms with Crippen LogP contribution in [0.25, 0.3) is 22.0 Å². The van der Waals surface area contributed by atoms with E-state index in [1.54, 1.807) is 0 Å². The van der Waals surface area contributed by atoms with E-state index in [1.807, 2.05) is 0 Å². The van der Waals surface area contributed by atoms with Gasteiger partial charge in [-0.15, -0.1) is 0 Å². The number of aromatic nitrogens is 5. The van der Waals surface area contributed by atoms with Gasteiger partial charge in [0.2, 0.25) is 28.6 Å². The van der Waals surface area contributed by atoms with E-state index in [0.29, 0.717) is 15.6 Å². The Balaban J connectivity index is 1.19. The molecule has 3 N–H and O–H groups in total. The third-order valence-corrected chi connectivity index (χ3v) is 22.1. The molecule has 37 heteroatoms. The first-order chi connectivity index (χ1) is 47.0. The van der Waals surface area contributed by atoms with Gasteiger partial charge in [-0.25, -0.2) is 49.1 Å². The summed E-state index contributed by atoms with van der Waals surface area (Å²) in [5, 5.41) is 29.3. The van der Waals surface area contributed by atoms with Gasteiger partial charge in [-0.3, -0.25) is 32.8 Å². The summed E-state index contributed by atoms with van der Waals surface area (Å²) in [6, 6.07) is 4.11. The van der Waals surface area contributed by atoms with Gasteiger partial charge in [0.15, 0.2) is 15.5 Å². The minimum atomic E-state index is -5.28. The Morgan fingerprint density at radius 1 is 0.873 bits per heavy atom. The maximum Gasteiger partial charge on any atom is 0.530 e. The average Bonchev–Trinajstić information content (AvgIpc) is 1.51. The van der Waals surface area contributed by atoms with Crippen LogP contribution in [0.1, 0.15) is 149 Å². The number of benzene rings is 3. The highest BCUT2D eigenvalue weighted by Gasteiger charge is 2.68. The lowest BCUT2D eigenvalue weighted by Crippen LogP contribution is -2.48. The average molecular weight is 1520 g/mol. The number of thiol groups is 1. The lowest BCUT2D eigenvalue weighted by molar-refractivity contribution is -0.155. The van der Waals surface area contributed by atoms with Crippen LogP contribution in [-0.2, 0) is 108 Å². The first-order valence-electron chi connectivity index (χ1n) is 31.3. The number of likely N-dealkylation sites (tertiary alicyclic amines) is 1. The molecular formula is C65H68ClF10N8O15PS2. The topological polar surface area (TPSA) is 306 Å². The molecule has 6 aromatic rings. The van der Waals surface area contributed by atoms with Crippen molar-refractivity contribution in [3.05, 3.63) is 128 Å². The summed E-state index contributed by atoms with van der Waals surface area (Å²) in [5.41, 5.74) is -8.64. The second-order valence-electron chi connectivity index (χ2n) is 26.8. The van der Waals surface area contributed by atoms with Gasteiger partial charge in [-0.05, 0) is 139 Å². The van der Waals surface area contributed by atoms with Gasteiger partial charge in [0.1, 0.15) is 58.7 Å². The molecule has 1 aliphatic heterocycles. The zero-order valence-corrected chi connectivity index (χ0v) is 59.3. The second kappa shape index (κ2) is 28.5. The number of nitrogens with zero attached hydrogens (tertiary/aromatic N) is 7. The Bertz CT molecular complexity index is 4660. The molecule has 2 aliphatic carbocycles. The smallest absolute Gasteiger partial charge is 0.480 e. The van der Waals surface area contributed by atoms with Crippen molar-refractivity contribution in [3.63, 3.8) is 0 Å². The Labute approximate surface area is 583 Å². The molecule has 3 aromatic carbocycles. The van der Waals surface area contributed by atoms with Crippen molar-refractivity contribution >= 4 is 80.7 Å². The summed E-state index contributed by atoms with van der Waals surface area (Å²) in [5.74, 6) is -11.1. The number of amides is 3. The van der Waals surface area contributed by atoms with Crippen LogP contribution in [0.2, 0.25) is 5.02 Å². The number of carboxylic acid groups (broad SMARTS) is 2. The first kappa shape index (κ1) is 78.0. The lowest BCUT2D eigenvalue weighted by Gasteiger charge is -2.33. The van der Waals surface area contributed by atoms with E-state index in [4.69, 9.17) is 25.2 Å². The Hall–Kier alpha value is -8.16. The minimum Gasteiger partial charge on any atom is -0.480 e. The summed E-state index contributed by atoms with van der Waals surface area (Å²) in [6.45, 7) is 7.99. The molecule has 102 heavy (non-hydrogen) atoms. The summed E-state index contributed by atoms with van der Waals surface area (Å²) >= 11 is 6.89. The zero-order chi connectivity index (χ0) is 75.8. The summed E-state index contributed by atoms with van der Waals surface area (Å²) in [6.07, 6.45) is -14.7. The standard InChI is InChI=1S/C65H68ClF10N8O15PS2/c1-31(2)97-100(92,98-32(3)4)99-48-20-33(5)19-35(24-50(86)84-46(59(88)89)15-16-47(84)60(90)91)54(48)61(6,7)27-51(87)83(101(93)94)28-45-53-43(66)14-13-40(56(53)82(79-45)30-63(69,70)71)39-12-11-38(17-18-62(8,9)102(10,95)96)77-55(39)44(23-34-21-36(67)25-37(68)22-34)78-49(85)29-81-58-52(57(80-81)65(74,75)76)41-26-42(41)64(58,72)73/h11-14,19-22,25,31-32,41-42,44,46-47,101H,15-16,23-24,26-30H2,1-10H3,(H,78,85)(H,88,89)(H,90,91)/t41-,42+,44-,46-,47-/m0/s1. The molecule has 2 fully saturated rings. The number of hydrogen-bond acceptors (Lipinski definition) is 16. The lowest BCUT2D eigenvalue weighted by atomic mass is 9.77. The van der Waals surface area contributed by atoms with Crippen molar-refractivity contribution in [2.75, 3.05) is 6.26 Å². The van der Waals surface area contributed by atoms with Crippen molar-refractivity contribution < 1.29 is 113 Å². The number of pyridine rings is 1. The molecule has 9 rings (SSSR count). The molecule has 23 nitrogen and oxygen atoms in total. The monoisotopic (exact) mass is 1520 g/mol. The number of halogens is 11. The van der Waals surface area contributed by atoms with Crippen molar-refractivity contribution in [1.29, 1.82) is 0 Å². The number of phosphoric acid groups is 1. The predicted octanol–water partition coefficient (Wildman–Crippen LogP) is 11.2. The number of alkyl halides is 8. The highest BCUT2D eigenvalue weighted by Crippen LogP contribution is 2.68. The van der Waals surface area contributed by atoms with E-state index in [-0.39, 0.29) is 73.1 Å². The molecule has 552 valence electrons. The molecule has 0 unspecified atom stereocenters. The number of aliphatic carboxylic acids is 2. The number of carbonyl (C=O) groups is 5. The van der Waals surface area contributed by atoms with Crippen LogP contribution in [0, 0.1) is 36.3 Å². The number of nitrogens with one attached hydrogen (secondary N) is 1. The molecule has 3 aliphatic rings. The fraction of sp³-hybridized carbons (Fsp3) is 0.477. The molecule has 0 bridgehead atoms. The van der Waals surface area contributed by atoms with Crippen molar-refractivity contribution in [1.82, 2.24) is 39.1 Å². The minimum absolute atomic E-state index is 0.0825. The fourth-order valence-corrected chi connectivity index (χ4v) is 15.4. The van der Waals surface area contributed by atoms with Crippen LogP contribution in [0.4, 0.5) is 43.9 Å². The number of hydrogen-bond donors (Lipinski definition) is 4. The van der Waals surface area contributed by atoms with E-state index in [9.17, 15) is 64.0 Å². The van der Waals surface area contributed by atoms with Gasteiger partial charge in [-0.1, -0.05) is 43.5 Å². The quantitative estimate of drug-likeness (QED) is 0.0179. The number of carboxylic acids is 2. The molecule has 5 atom stereocenters. The van der Waals surface area contributed by atoms with Gasteiger partial charge in [0, 0.05) is 57.7 Å². The van der Waals surface area contributed by atoms with Crippen LogP contribution < -0.4 is 9.84 Å². The zero-order valence-electron chi connectivity index (χ0n) is 55.9. The number of aryl methyl sites for hydroxylation is 1. The molecule has 0 spiro atoms. The maximum atomic E-state index is 15.8. The Morgan fingerprint density at radius 3 is 2.02 bits per heavy atom. The molecule has 3 aromatic heterocycles. The first-order valence-corrected chi connectivity index (χ1v) is 36.2. The summed E-state index contributed by atoms with van der Waals surface area (Å²) in [7, 11) is -12.9. The van der Waals surface area contributed by atoms with Crippen LogP contribution in [0.3, 0.4) is 0 Å². The van der Waals surface area contributed by atoms with Gasteiger partial charge in [0.25, 0.3) is 5.92 Å². The van der Waals surface area contributed by atoms with Gasteiger partial charge in [0.05, 0.1) is 53.1 Å². The van der Waals surface area contributed by atoms with E-state index in [1.165, 1.54) is 74.4 Å². The summed E-state index contributed by atoms with van der Waals surface area (Å²) in [4.78, 5) is 74.1. The van der Waals surface area contributed by atoms with Crippen LogP contribution >= 0.6 is 19.4 Å². The molecule has 1 saturated carbocycles. The molecular weight excluding hydrogens is 1450 g/mol. The Kier molecular flexibility index (Phi) is 21.8. The maximum absolute atomic E-state index is 15.8. The largest absolute Gasteiger partial charge is 0.530 e. The third-order valence-electron chi connectivity index (χ3n) is 17.3. The van der Waals surface area contributed by atoms with E-state index in [0.717, 1.165) is 42.7 Å². The SMILES string of the molecule is Cc1cc(CC(=O)N2[C@H](C(=O)O)CC[C@H]2C(=O)O)c(C(C)(C)CC(=O)N(Cc2nn(CC(F)(F)F)c3c(-c4ccc(C#CC(C)(C)S(C)(=O)=O)nc4[C@H](Cc4cc(F)cc(F)c4)NC(=O)Cn4nc(C(F)(F)F)c5c4C(F)(F)[C@@H]4C[C@H]54)ccc(Cl)c23)[SH](=O)=O)c(OP(=O)(OC(C)C)OC(C)C)c1. The Morgan fingerprint density at radius 2 is 1.47 bits per heavy atom. The van der Waals surface area contributed by atoms with Crippen molar-refractivity contribution in [2.45, 2.75) is 185 Å². The van der Waals surface area contributed by atoms with E-state index < -0.39 is 224 Å². The number of phosphoric ester groups is 1. The highest BCUT2D eigenvalue weighted by atomic mass is 35.5. The highest BCUT2D eigenvalue weighted by molar-refractivity contribution is 7.92. The van der Waals surface area contributed by atoms with Crippen molar-refractivity contribution in [2.24, 2.45) is 5.92 Å². The number of rotatable bonds is 25. The number of carbonyl (C=O) groups excluding carboxylic acids is 3. The van der Waals surface area contributed by atoms with Gasteiger partial charge in [-0.2, -0.15) is 45.3 Å². The van der Waals surface area contributed by atoms with Gasteiger partial charge < -0.3 is 25.0 Å². The normalized spacial score (nSPS) is 17.9. The number of sulfone groups is 1. The molecule has 3 amide bonds. The van der Waals surface area contributed by atoms with Gasteiger partial charge >= 0.3 is 32.1 Å². The molecule has 0 radical (unpaired) electrons.